The molecule has 3 aliphatic rings. The van der Waals surface area contributed by atoms with Crippen molar-refractivity contribution in [2.75, 3.05) is 32.8 Å². The predicted octanol–water partition coefficient (Wildman–Crippen LogP) is 1.58. The highest BCUT2D eigenvalue weighted by molar-refractivity contribution is 5.81. The fourth-order valence-electron chi connectivity index (χ4n) is 4.08. The van der Waals surface area contributed by atoms with E-state index in [2.05, 4.69) is 6.92 Å². The van der Waals surface area contributed by atoms with Crippen molar-refractivity contribution in [1.82, 2.24) is 9.80 Å². The van der Waals surface area contributed by atoms with E-state index >= 15 is 0 Å². The molecule has 126 valence electrons. The molecule has 0 aromatic carbocycles. The number of aliphatic hydroxyl groups is 1. The summed E-state index contributed by atoms with van der Waals surface area (Å²) in [5.41, 5.74) is 0. The van der Waals surface area contributed by atoms with E-state index in [1.807, 2.05) is 4.90 Å². The first-order chi connectivity index (χ1) is 10.4. The van der Waals surface area contributed by atoms with Gasteiger partial charge in [-0.3, -0.25) is 9.69 Å². The van der Waals surface area contributed by atoms with Crippen molar-refractivity contribution >= 4 is 5.91 Å². The van der Waals surface area contributed by atoms with Gasteiger partial charge < -0.3 is 10.0 Å². The van der Waals surface area contributed by atoms with Crippen LogP contribution in [0.1, 0.15) is 32.6 Å². The van der Waals surface area contributed by atoms with Crippen LogP contribution in [0.5, 0.6) is 0 Å². The van der Waals surface area contributed by atoms with E-state index in [1.54, 1.807) is 4.90 Å². The van der Waals surface area contributed by atoms with Crippen LogP contribution >= 0.6 is 0 Å². The number of amides is 1. The molecule has 0 spiro atoms. The first-order valence-electron chi connectivity index (χ1n) is 8.46. The van der Waals surface area contributed by atoms with Gasteiger partial charge in [0.2, 0.25) is 5.91 Å². The Bertz CT molecular complexity index is 428. The van der Waals surface area contributed by atoms with E-state index in [0.717, 1.165) is 19.3 Å². The number of aliphatic hydroxyl groups excluding tert-OH is 1. The van der Waals surface area contributed by atoms with Crippen LogP contribution in [0, 0.1) is 17.8 Å². The first kappa shape index (κ1) is 16.1. The summed E-state index contributed by atoms with van der Waals surface area (Å²) < 4.78 is 26.8. The maximum absolute atomic E-state index is 13.4. The van der Waals surface area contributed by atoms with Gasteiger partial charge in [-0.25, -0.2) is 8.78 Å². The third-order valence-corrected chi connectivity index (χ3v) is 5.57. The van der Waals surface area contributed by atoms with Crippen LogP contribution in [-0.4, -0.2) is 65.6 Å². The van der Waals surface area contributed by atoms with Gasteiger partial charge in [0, 0.05) is 32.0 Å². The summed E-state index contributed by atoms with van der Waals surface area (Å²) in [5, 5.41) is 9.79. The molecular weight excluding hydrogens is 290 g/mol. The molecule has 0 aromatic rings. The molecule has 3 atom stereocenters. The topological polar surface area (TPSA) is 43.8 Å². The average molecular weight is 316 g/mol. The van der Waals surface area contributed by atoms with E-state index in [9.17, 15) is 18.7 Å². The minimum absolute atomic E-state index is 0.0656. The SMILES string of the molecule is CC[C@@H]1CN(C(=O)C2CC2)[C@H](CO)[C@@H]1CN1CCC(F)(F)C1. The fraction of sp³-hybridized carbons (Fsp3) is 0.938. The van der Waals surface area contributed by atoms with Crippen LogP contribution in [0.3, 0.4) is 0 Å². The Labute approximate surface area is 130 Å². The zero-order valence-corrected chi connectivity index (χ0v) is 13.2. The van der Waals surface area contributed by atoms with E-state index < -0.39 is 5.92 Å². The lowest BCUT2D eigenvalue weighted by molar-refractivity contribution is -0.134. The fourth-order valence-corrected chi connectivity index (χ4v) is 4.08. The minimum atomic E-state index is -2.58. The van der Waals surface area contributed by atoms with Gasteiger partial charge in [-0.2, -0.15) is 0 Å². The molecule has 2 saturated heterocycles. The van der Waals surface area contributed by atoms with Gasteiger partial charge in [-0.1, -0.05) is 13.3 Å². The summed E-state index contributed by atoms with van der Waals surface area (Å²) in [7, 11) is 0. The van der Waals surface area contributed by atoms with Gasteiger partial charge in [0.1, 0.15) is 0 Å². The Morgan fingerprint density at radius 2 is 2.09 bits per heavy atom. The molecule has 1 N–H and O–H groups in total. The van der Waals surface area contributed by atoms with Crippen molar-refractivity contribution in [2.24, 2.45) is 17.8 Å². The zero-order valence-electron chi connectivity index (χ0n) is 13.2. The molecule has 2 heterocycles. The molecule has 22 heavy (non-hydrogen) atoms. The molecule has 4 nitrogen and oxygen atoms in total. The quantitative estimate of drug-likeness (QED) is 0.837. The number of halogens is 2. The Morgan fingerprint density at radius 3 is 2.59 bits per heavy atom. The number of hydrogen-bond acceptors (Lipinski definition) is 3. The Hall–Kier alpha value is -0.750. The zero-order chi connectivity index (χ0) is 15.9. The Balaban J connectivity index is 1.68. The highest BCUT2D eigenvalue weighted by Crippen LogP contribution is 2.39. The summed E-state index contributed by atoms with van der Waals surface area (Å²) >= 11 is 0. The van der Waals surface area contributed by atoms with E-state index in [4.69, 9.17) is 0 Å². The van der Waals surface area contributed by atoms with Crippen molar-refractivity contribution in [3.63, 3.8) is 0 Å². The smallest absolute Gasteiger partial charge is 0.261 e. The number of alkyl halides is 2. The molecule has 2 aliphatic heterocycles. The molecule has 0 radical (unpaired) electrons. The second-order valence-corrected chi connectivity index (χ2v) is 7.19. The van der Waals surface area contributed by atoms with Crippen molar-refractivity contribution in [2.45, 2.75) is 44.6 Å². The Kier molecular flexibility index (Phi) is 4.42. The summed E-state index contributed by atoms with van der Waals surface area (Å²) in [6.45, 7) is 3.47. The number of carbonyl (C=O) groups is 1. The number of nitrogens with zero attached hydrogens (tertiary/aromatic N) is 2. The first-order valence-corrected chi connectivity index (χ1v) is 8.46. The van der Waals surface area contributed by atoms with E-state index in [1.165, 1.54) is 0 Å². The molecule has 1 amide bonds. The number of carbonyl (C=O) groups excluding carboxylic acids is 1. The summed E-state index contributed by atoms with van der Waals surface area (Å²) in [5.74, 6) is -1.88. The molecule has 3 fully saturated rings. The number of hydrogen-bond donors (Lipinski definition) is 1. The van der Waals surface area contributed by atoms with Gasteiger partial charge in [0.15, 0.2) is 0 Å². The summed E-state index contributed by atoms with van der Waals surface area (Å²) in [6.07, 6.45) is 2.74. The summed E-state index contributed by atoms with van der Waals surface area (Å²) in [6, 6.07) is -0.202. The van der Waals surface area contributed by atoms with Gasteiger partial charge in [-0.05, 0) is 24.7 Å². The lowest BCUT2D eigenvalue weighted by Crippen LogP contribution is -2.44. The molecule has 1 aliphatic carbocycles. The molecular formula is C16H26F2N2O2. The highest BCUT2D eigenvalue weighted by atomic mass is 19.3. The molecule has 0 bridgehead atoms. The predicted molar refractivity (Wildman–Crippen MR) is 78.6 cm³/mol. The maximum atomic E-state index is 13.4. The minimum Gasteiger partial charge on any atom is -0.394 e. The van der Waals surface area contributed by atoms with Crippen LogP contribution in [0.25, 0.3) is 0 Å². The Morgan fingerprint density at radius 1 is 1.36 bits per heavy atom. The maximum Gasteiger partial charge on any atom is 0.261 e. The van der Waals surface area contributed by atoms with Crippen molar-refractivity contribution in [3.05, 3.63) is 0 Å². The molecule has 0 unspecified atom stereocenters. The van der Waals surface area contributed by atoms with Crippen LogP contribution in [0.15, 0.2) is 0 Å². The van der Waals surface area contributed by atoms with Crippen molar-refractivity contribution in [1.29, 1.82) is 0 Å². The normalized spacial score (nSPS) is 35.3. The number of rotatable bonds is 5. The van der Waals surface area contributed by atoms with Gasteiger partial charge in [0.05, 0.1) is 19.2 Å². The third kappa shape index (κ3) is 3.13. The van der Waals surface area contributed by atoms with Gasteiger partial charge >= 0.3 is 0 Å². The molecule has 0 aromatic heterocycles. The van der Waals surface area contributed by atoms with E-state index in [0.29, 0.717) is 25.6 Å². The van der Waals surface area contributed by atoms with Crippen LogP contribution in [-0.2, 0) is 4.79 Å². The van der Waals surface area contributed by atoms with Gasteiger partial charge in [0.25, 0.3) is 5.92 Å². The summed E-state index contributed by atoms with van der Waals surface area (Å²) in [4.78, 5) is 16.1. The van der Waals surface area contributed by atoms with Crippen molar-refractivity contribution in [3.8, 4) is 0 Å². The molecule has 3 rings (SSSR count). The third-order valence-electron chi connectivity index (χ3n) is 5.57. The monoisotopic (exact) mass is 316 g/mol. The second kappa shape index (κ2) is 6.04. The van der Waals surface area contributed by atoms with E-state index in [-0.39, 0.29) is 43.4 Å². The molecule has 6 heteroatoms. The standard InChI is InChI=1S/C16H26F2N2O2/c1-2-11-7-20(15(22)12-3-4-12)14(9-21)13(11)8-19-6-5-16(17,18)10-19/h11-14,21H,2-10H2,1H3/t11-,13-,14-/m1/s1. The number of likely N-dealkylation sites (tertiary alicyclic amines) is 2. The second-order valence-electron chi connectivity index (χ2n) is 7.19. The van der Waals surface area contributed by atoms with Crippen LogP contribution in [0.4, 0.5) is 8.78 Å². The molecule has 1 saturated carbocycles. The van der Waals surface area contributed by atoms with Gasteiger partial charge in [-0.15, -0.1) is 0 Å². The largest absolute Gasteiger partial charge is 0.394 e. The van der Waals surface area contributed by atoms with Crippen LogP contribution in [0.2, 0.25) is 0 Å². The lowest BCUT2D eigenvalue weighted by Gasteiger charge is -2.30. The highest BCUT2D eigenvalue weighted by Gasteiger charge is 2.48. The lowest BCUT2D eigenvalue weighted by atomic mass is 9.88. The average Bonchev–Trinajstić information content (AvgIpc) is 3.19. The van der Waals surface area contributed by atoms with Crippen LogP contribution < -0.4 is 0 Å². The van der Waals surface area contributed by atoms with Crippen molar-refractivity contribution < 1.29 is 18.7 Å².